The molecule has 0 aliphatic carbocycles. The van der Waals surface area contributed by atoms with Gasteiger partial charge in [-0.25, -0.2) is 0 Å². The molecule has 1 atom stereocenters. The van der Waals surface area contributed by atoms with Gasteiger partial charge in [0.05, 0.1) is 0 Å². The second-order valence-electron chi connectivity index (χ2n) is 6.26. The normalized spacial score (nSPS) is 12.8. The van der Waals surface area contributed by atoms with E-state index in [1.807, 2.05) is 0 Å². The zero-order valence-corrected chi connectivity index (χ0v) is 15.1. The van der Waals surface area contributed by atoms with Crippen LogP contribution in [0.5, 0.6) is 0 Å². The second kappa shape index (κ2) is 16.5. The Morgan fingerprint density at radius 2 is 1.05 bits per heavy atom. The van der Waals surface area contributed by atoms with Crippen LogP contribution in [0.15, 0.2) is 0 Å². The summed E-state index contributed by atoms with van der Waals surface area (Å²) in [4.78, 5) is 0. The van der Waals surface area contributed by atoms with Gasteiger partial charge in [0.1, 0.15) is 0 Å². The third kappa shape index (κ3) is 16.4. The largest absolute Gasteiger partial charge is 0.0928 e. The molecule has 116 valence electrons. The standard InChI is InChI=1S/C18H37Br/c1-3-4-5-6-9-12-15-18(2)16-13-10-7-8-11-14-17-19/h18H,3-17H2,1-2H3. The molecule has 1 heteroatoms. The van der Waals surface area contributed by atoms with E-state index in [9.17, 15) is 0 Å². The fourth-order valence-electron chi connectivity index (χ4n) is 2.71. The van der Waals surface area contributed by atoms with Crippen LogP contribution in [0.1, 0.15) is 104 Å². The summed E-state index contributed by atoms with van der Waals surface area (Å²) in [5.41, 5.74) is 0. The zero-order chi connectivity index (χ0) is 14.2. The maximum atomic E-state index is 3.49. The van der Waals surface area contributed by atoms with Gasteiger partial charge in [-0.1, -0.05) is 113 Å². The first kappa shape index (κ1) is 19.5. The Bertz CT molecular complexity index is 156. The smallest absolute Gasteiger partial charge is 0.00313 e. The molecule has 1 unspecified atom stereocenters. The molecule has 0 spiro atoms. The molecular formula is C18H37Br. The Labute approximate surface area is 131 Å². The van der Waals surface area contributed by atoms with Crippen LogP contribution in [0, 0.1) is 5.92 Å². The fourth-order valence-corrected chi connectivity index (χ4v) is 3.11. The van der Waals surface area contributed by atoms with E-state index in [2.05, 4.69) is 29.8 Å². The van der Waals surface area contributed by atoms with Crippen LogP contribution in [-0.2, 0) is 0 Å². The van der Waals surface area contributed by atoms with Crippen molar-refractivity contribution in [2.75, 3.05) is 5.33 Å². The molecule has 0 aromatic rings. The average molecular weight is 333 g/mol. The van der Waals surface area contributed by atoms with E-state index in [4.69, 9.17) is 0 Å². The average Bonchev–Trinajstić information content (AvgIpc) is 2.41. The van der Waals surface area contributed by atoms with Crippen molar-refractivity contribution < 1.29 is 0 Å². The van der Waals surface area contributed by atoms with Crippen molar-refractivity contribution in [2.24, 2.45) is 5.92 Å². The number of hydrogen-bond acceptors (Lipinski definition) is 0. The minimum atomic E-state index is 0.966. The van der Waals surface area contributed by atoms with Gasteiger partial charge < -0.3 is 0 Å². The van der Waals surface area contributed by atoms with E-state index >= 15 is 0 Å². The second-order valence-corrected chi connectivity index (χ2v) is 7.05. The number of halogens is 1. The van der Waals surface area contributed by atoms with E-state index in [0.717, 1.165) is 5.92 Å². The van der Waals surface area contributed by atoms with E-state index in [-0.39, 0.29) is 0 Å². The lowest BCUT2D eigenvalue weighted by molar-refractivity contribution is 0.432. The van der Waals surface area contributed by atoms with Crippen LogP contribution >= 0.6 is 15.9 Å². The van der Waals surface area contributed by atoms with Crippen LogP contribution in [0.2, 0.25) is 0 Å². The number of rotatable bonds is 15. The Balaban J connectivity index is 3.10. The maximum absolute atomic E-state index is 3.49. The van der Waals surface area contributed by atoms with Crippen LogP contribution in [0.3, 0.4) is 0 Å². The summed E-state index contributed by atoms with van der Waals surface area (Å²) in [6, 6.07) is 0. The minimum absolute atomic E-state index is 0.966. The Morgan fingerprint density at radius 1 is 0.632 bits per heavy atom. The van der Waals surface area contributed by atoms with Crippen molar-refractivity contribution in [3.63, 3.8) is 0 Å². The summed E-state index contributed by atoms with van der Waals surface area (Å²) in [5.74, 6) is 0.966. The van der Waals surface area contributed by atoms with Gasteiger partial charge in [-0.15, -0.1) is 0 Å². The number of unbranched alkanes of at least 4 members (excludes halogenated alkanes) is 10. The van der Waals surface area contributed by atoms with Gasteiger partial charge in [0, 0.05) is 5.33 Å². The highest BCUT2D eigenvalue weighted by Crippen LogP contribution is 2.18. The van der Waals surface area contributed by atoms with Crippen LogP contribution < -0.4 is 0 Å². The molecule has 0 amide bonds. The first-order chi connectivity index (χ1) is 9.31. The predicted molar refractivity (Wildman–Crippen MR) is 93.3 cm³/mol. The highest BCUT2D eigenvalue weighted by Gasteiger charge is 2.02. The van der Waals surface area contributed by atoms with E-state index in [0.29, 0.717) is 0 Å². The molecule has 0 rings (SSSR count). The van der Waals surface area contributed by atoms with Crippen LogP contribution in [0.25, 0.3) is 0 Å². The fraction of sp³-hybridized carbons (Fsp3) is 1.00. The summed E-state index contributed by atoms with van der Waals surface area (Å²) < 4.78 is 0. The molecular weight excluding hydrogens is 296 g/mol. The minimum Gasteiger partial charge on any atom is -0.0928 e. The lowest BCUT2D eigenvalue weighted by Crippen LogP contribution is -1.95. The number of hydrogen-bond donors (Lipinski definition) is 0. The maximum Gasteiger partial charge on any atom is 0.00313 e. The van der Waals surface area contributed by atoms with E-state index in [1.165, 1.54) is 95.2 Å². The first-order valence-electron chi connectivity index (χ1n) is 8.87. The monoisotopic (exact) mass is 332 g/mol. The van der Waals surface area contributed by atoms with Crippen molar-refractivity contribution in [1.82, 2.24) is 0 Å². The molecule has 0 aliphatic rings. The molecule has 0 nitrogen and oxygen atoms in total. The van der Waals surface area contributed by atoms with E-state index in [1.54, 1.807) is 0 Å². The summed E-state index contributed by atoms with van der Waals surface area (Å²) in [7, 11) is 0. The van der Waals surface area contributed by atoms with Gasteiger partial charge in [0.2, 0.25) is 0 Å². The van der Waals surface area contributed by atoms with Crippen molar-refractivity contribution >= 4 is 15.9 Å². The third-order valence-electron chi connectivity index (χ3n) is 4.13. The van der Waals surface area contributed by atoms with Gasteiger partial charge >= 0.3 is 0 Å². The Morgan fingerprint density at radius 3 is 1.53 bits per heavy atom. The molecule has 0 aliphatic heterocycles. The van der Waals surface area contributed by atoms with Crippen LogP contribution in [-0.4, -0.2) is 5.33 Å². The molecule has 0 fully saturated rings. The summed E-state index contributed by atoms with van der Waals surface area (Å²) >= 11 is 3.49. The van der Waals surface area contributed by atoms with Crippen molar-refractivity contribution in [1.29, 1.82) is 0 Å². The van der Waals surface area contributed by atoms with Crippen molar-refractivity contribution in [3.05, 3.63) is 0 Å². The number of alkyl halides is 1. The Kier molecular flexibility index (Phi) is 17.0. The van der Waals surface area contributed by atoms with E-state index < -0.39 is 0 Å². The zero-order valence-electron chi connectivity index (χ0n) is 13.6. The van der Waals surface area contributed by atoms with Gasteiger partial charge in [-0.3, -0.25) is 0 Å². The highest BCUT2D eigenvalue weighted by molar-refractivity contribution is 9.09. The molecule has 0 N–H and O–H groups in total. The van der Waals surface area contributed by atoms with Gasteiger partial charge in [-0.05, 0) is 12.3 Å². The van der Waals surface area contributed by atoms with Gasteiger partial charge in [0.25, 0.3) is 0 Å². The predicted octanol–water partition coefficient (Wildman–Crippen LogP) is 7.50. The summed E-state index contributed by atoms with van der Waals surface area (Å²) in [5, 5.41) is 1.18. The summed E-state index contributed by atoms with van der Waals surface area (Å²) in [6.07, 6.45) is 20.2. The van der Waals surface area contributed by atoms with Crippen molar-refractivity contribution in [2.45, 2.75) is 104 Å². The SMILES string of the molecule is CCCCCCCCC(C)CCCCCCCCBr. The molecule has 0 aromatic carbocycles. The highest BCUT2D eigenvalue weighted by atomic mass is 79.9. The Hall–Kier alpha value is 0.480. The third-order valence-corrected chi connectivity index (χ3v) is 4.69. The lowest BCUT2D eigenvalue weighted by Gasteiger charge is -2.11. The molecule has 0 heterocycles. The summed E-state index contributed by atoms with van der Waals surface area (Å²) in [6.45, 7) is 4.75. The van der Waals surface area contributed by atoms with Crippen LogP contribution in [0.4, 0.5) is 0 Å². The topological polar surface area (TPSA) is 0 Å². The molecule has 0 saturated heterocycles. The van der Waals surface area contributed by atoms with Gasteiger partial charge in [0.15, 0.2) is 0 Å². The molecule has 19 heavy (non-hydrogen) atoms. The quantitative estimate of drug-likeness (QED) is 0.215. The molecule has 0 bridgehead atoms. The van der Waals surface area contributed by atoms with Gasteiger partial charge in [-0.2, -0.15) is 0 Å². The molecule has 0 aromatic heterocycles. The lowest BCUT2D eigenvalue weighted by atomic mass is 9.96. The first-order valence-corrected chi connectivity index (χ1v) is 9.99. The molecule has 0 saturated carbocycles. The molecule has 0 radical (unpaired) electrons. The van der Waals surface area contributed by atoms with Crippen molar-refractivity contribution in [3.8, 4) is 0 Å².